The minimum absolute atomic E-state index is 0.0824. The maximum absolute atomic E-state index is 13.0. The SMILES string of the molecule is CCOc1ccccc1CN1C(=O)NC2(CCCCC2C)C1=O. The van der Waals surface area contributed by atoms with Crippen LogP contribution in [-0.2, 0) is 11.3 Å². The van der Waals surface area contributed by atoms with Gasteiger partial charge in [-0.05, 0) is 31.7 Å². The molecule has 1 saturated carbocycles. The first kappa shape index (κ1) is 15.8. The van der Waals surface area contributed by atoms with E-state index in [-0.39, 0.29) is 24.4 Å². The normalized spacial score (nSPS) is 27.4. The van der Waals surface area contributed by atoms with Gasteiger partial charge in [0.25, 0.3) is 5.91 Å². The topological polar surface area (TPSA) is 58.6 Å². The van der Waals surface area contributed by atoms with Gasteiger partial charge in [-0.25, -0.2) is 4.79 Å². The molecule has 2 aliphatic rings. The van der Waals surface area contributed by atoms with Crippen molar-refractivity contribution in [2.24, 2.45) is 5.92 Å². The summed E-state index contributed by atoms with van der Waals surface area (Å²) in [6, 6.07) is 7.28. The number of benzene rings is 1. The molecule has 0 aromatic heterocycles. The van der Waals surface area contributed by atoms with Gasteiger partial charge in [0.05, 0.1) is 13.2 Å². The van der Waals surface area contributed by atoms with Crippen molar-refractivity contribution in [3.63, 3.8) is 0 Å². The fourth-order valence-electron chi connectivity index (χ4n) is 3.74. The van der Waals surface area contributed by atoms with Crippen molar-refractivity contribution >= 4 is 11.9 Å². The van der Waals surface area contributed by atoms with Crippen molar-refractivity contribution in [1.29, 1.82) is 0 Å². The van der Waals surface area contributed by atoms with Crippen LogP contribution in [0.25, 0.3) is 0 Å². The molecule has 1 aromatic carbocycles. The van der Waals surface area contributed by atoms with E-state index in [1.807, 2.05) is 31.2 Å². The zero-order valence-electron chi connectivity index (χ0n) is 13.8. The Labute approximate surface area is 137 Å². The largest absolute Gasteiger partial charge is 0.494 e. The smallest absolute Gasteiger partial charge is 0.325 e. The van der Waals surface area contributed by atoms with Crippen LogP contribution in [0.4, 0.5) is 4.79 Å². The molecule has 1 N–H and O–H groups in total. The van der Waals surface area contributed by atoms with Crippen LogP contribution in [0.1, 0.15) is 45.1 Å². The third-order valence-corrected chi connectivity index (χ3v) is 5.10. The first-order valence-electron chi connectivity index (χ1n) is 8.43. The second-order valence-corrected chi connectivity index (χ2v) is 6.48. The second-order valence-electron chi connectivity index (χ2n) is 6.48. The molecule has 1 aliphatic heterocycles. The van der Waals surface area contributed by atoms with Gasteiger partial charge in [-0.1, -0.05) is 38.0 Å². The number of nitrogens with one attached hydrogen (secondary N) is 1. The van der Waals surface area contributed by atoms with Crippen molar-refractivity contribution in [3.8, 4) is 5.75 Å². The number of hydrogen-bond donors (Lipinski definition) is 1. The summed E-state index contributed by atoms with van der Waals surface area (Å²) in [7, 11) is 0. The van der Waals surface area contributed by atoms with E-state index in [9.17, 15) is 9.59 Å². The fourth-order valence-corrected chi connectivity index (χ4v) is 3.74. The highest BCUT2D eigenvalue weighted by Crippen LogP contribution is 2.38. The van der Waals surface area contributed by atoms with Crippen molar-refractivity contribution in [3.05, 3.63) is 29.8 Å². The van der Waals surface area contributed by atoms with Gasteiger partial charge in [-0.2, -0.15) is 0 Å². The molecule has 124 valence electrons. The van der Waals surface area contributed by atoms with Gasteiger partial charge < -0.3 is 10.1 Å². The summed E-state index contributed by atoms with van der Waals surface area (Å²) in [5, 5.41) is 2.99. The molecule has 5 heteroatoms. The Morgan fingerprint density at radius 3 is 2.83 bits per heavy atom. The standard InChI is InChI=1S/C18H24N2O3/c1-3-23-15-10-5-4-9-14(15)12-20-16(21)18(19-17(20)22)11-7-6-8-13(18)2/h4-5,9-10,13H,3,6-8,11-12H2,1-2H3,(H,19,22). The summed E-state index contributed by atoms with van der Waals surface area (Å²) in [4.78, 5) is 26.8. The van der Waals surface area contributed by atoms with Crippen LogP contribution in [0.15, 0.2) is 24.3 Å². The molecule has 1 saturated heterocycles. The minimum atomic E-state index is -0.699. The molecule has 1 heterocycles. The van der Waals surface area contributed by atoms with Crippen molar-refractivity contribution in [2.75, 3.05) is 6.61 Å². The monoisotopic (exact) mass is 316 g/mol. The lowest BCUT2D eigenvalue weighted by Gasteiger charge is -2.36. The van der Waals surface area contributed by atoms with Gasteiger partial charge in [0.15, 0.2) is 0 Å². The molecular formula is C18H24N2O3. The number of hydrogen-bond acceptors (Lipinski definition) is 3. The Hall–Kier alpha value is -2.04. The van der Waals surface area contributed by atoms with Gasteiger partial charge in [-0.3, -0.25) is 9.69 Å². The van der Waals surface area contributed by atoms with Gasteiger partial charge in [0.2, 0.25) is 0 Å². The molecule has 3 rings (SSSR count). The van der Waals surface area contributed by atoms with E-state index in [2.05, 4.69) is 12.2 Å². The molecule has 23 heavy (non-hydrogen) atoms. The van der Waals surface area contributed by atoms with Crippen LogP contribution >= 0.6 is 0 Å². The first-order chi connectivity index (χ1) is 11.1. The Morgan fingerprint density at radius 1 is 1.30 bits per heavy atom. The number of urea groups is 1. The molecule has 1 aromatic rings. The number of imide groups is 1. The van der Waals surface area contributed by atoms with Gasteiger partial charge in [-0.15, -0.1) is 0 Å². The summed E-state index contributed by atoms with van der Waals surface area (Å²) in [5.41, 5.74) is 0.161. The average Bonchev–Trinajstić information content (AvgIpc) is 2.77. The van der Waals surface area contributed by atoms with Crippen LogP contribution in [-0.4, -0.2) is 29.0 Å². The highest BCUT2D eigenvalue weighted by molar-refractivity contribution is 6.07. The third-order valence-electron chi connectivity index (χ3n) is 5.10. The summed E-state index contributed by atoms with van der Waals surface area (Å²) in [6.45, 7) is 4.80. The maximum Gasteiger partial charge on any atom is 0.325 e. The summed E-state index contributed by atoms with van der Waals surface area (Å²) in [6.07, 6.45) is 3.83. The Kier molecular flexibility index (Phi) is 4.28. The molecule has 2 atom stereocenters. The van der Waals surface area contributed by atoms with E-state index in [0.717, 1.165) is 37.0 Å². The lowest BCUT2D eigenvalue weighted by Crippen LogP contribution is -2.53. The molecule has 0 bridgehead atoms. The average molecular weight is 316 g/mol. The summed E-state index contributed by atoms with van der Waals surface area (Å²) in [5.74, 6) is 0.828. The number of amides is 3. The molecule has 2 unspecified atom stereocenters. The van der Waals surface area contributed by atoms with Gasteiger partial charge in [0, 0.05) is 5.56 Å². The lowest BCUT2D eigenvalue weighted by atomic mass is 9.73. The van der Waals surface area contributed by atoms with E-state index in [0.29, 0.717) is 6.61 Å². The maximum atomic E-state index is 13.0. The predicted molar refractivity (Wildman–Crippen MR) is 87.1 cm³/mol. The summed E-state index contributed by atoms with van der Waals surface area (Å²) < 4.78 is 5.61. The number of rotatable bonds is 4. The van der Waals surface area contributed by atoms with E-state index in [4.69, 9.17) is 4.74 Å². The molecule has 1 aliphatic carbocycles. The Bertz CT molecular complexity index is 616. The quantitative estimate of drug-likeness (QED) is 0.868. The van der Waals surface area contributed by atoms with Crippen molar-refractivity contribution in [2.45, 2.75) is 51.6 Å². The molecule has 3 amide bonds. The molecular weight excluding hydrogens is 292 g/mol. The predicted octanol–water partition coefficient (Wildman–Crippen LogP) is 3.09. The van der Waals surface area contributed by atoms with Crippen LogP contribution in [0.5, 0.6) is 5.75 Å². The zero-order chi connectivity index (χ0) is 16.4. The van der Waals surface area contributed by atoms with E-state index in [1.165, 1.54) is 4.90 Å². The van der Waals surface area contributed by atoms with Gasteiger partial charge >= 0.3 is 6.03 Å². The molecule has 2 fully saturated rings. The molecule has 1 spiro atoms. The van der Waals surface area contributed by atoms with E-state index < -0.39 is 5.54 Å². The number of carbonyl (C=O) groups is 2. The molecule has 0 radical (unpaired) electrons. The number of para-hydroxylation sites is 1. The summed E-state index contributed by atoms with van der Waals surface area (Å²) >= 11 is 0. The van der Waals surface area contributed by atoms with Crippen molar-refractivity contribution in [1.82, 2.24) is 10.2 Å². The van der Waals surface area contributed by atoms with E-state index in [1.54, 1.807) is 0 Å². The third kappa shape index (κ3) is 2.69. The highest BCUT2D eigenvalue weighted by Gasteiger charge is 2.54. The Morgan fingerprint density at radius 2 is 2.09 bits per heavy atom. The van der Waals surface area contributed by atoms with Crippen molar-refractivity contribution < 1.29 is 14.3 Å². The van der Waals surface area contributed by atoms with E-state index >= 15 is 0 Å². The first-order valence-corrected chi connectivity index (χ1v) is 8.43. The lowest BCUT2D eigenvalue weighted by molar-refractivity contribution is -0.134. The number of carbonyl (C=O) groups excluding carboxylic acids is 2. The number of nitrogens with zero attached hydrogens (tertiary/aromatic N) is 1. The van der Waals surface area contributed by atoms with Crippen LogP contribution < -0.4 is 10.1 Å². The van der Waals surface area contributed by atoms with Crippen LogP contribution in [0.3, 0.4) is 0 Å². The van der Waals surface area contributed by atoms with Gasteiger partial charge in [0.1, 0.15) is 11.3 Å². The highest BCUT2D eigenvalue weighted by atomic mass is 16.5. The van der Waals surface area contributed by atoms with Crippen LogP contribution in [0, 0.1) is 5.92 Å². The minimum Gasteiger partial charge on any atom is -0.494 e. The second kappa shape index (κ2) is 6.22. The Balaban J connectivity index is 1.84. The zero-order valence-corrected chi connectivity index (χ0v) is 13.8. The van der Waals surface area contributed by atoms with Crippen LogP contribution in [0.2, 0.25) is 0 Å². The number of ether oxygens (including phenoxy) is 1. The fraction of sp³-hybridized carbons (Fsp3) is 0.556. The molecule has 5 nitrogen and oxygen atoms in total.